The van der Waals surface area contributed by atoms with Crippen LogP contribution >= 0.6 is 11.3 Å². The van der Waals surface area contributed by atoms with Crippen LogP contribution in [0.25, 0.3) is 21.3 Å². The van der Waals surface area contributed by atoms with Crippen molar-refractivity contribution in [2.75, 3.05) is 7.11 Å². The number of primary amides is 1. The quantitative estimate of drug-likeness (QED) is 0.760. The second kappa shape index (κ2) is 5.97. The van der Waals surface area contributed by atoms with Crippen LogP contribution in [0.15, 0.2) is 39.2 Å². The number of carbonyl (C=O) groups excluding carboxylic acids is 1. The molecule has 8 heteroatoms. The van der Waals surface area contributed by atoms with Gasteiger partial charge in [0.05, 0.1) is 12.5 Å². The molecule has 0 aliphatic rings. The standard InChI is InChI=1S/C16H15N3O4S/c1-18-14(21)13-11(9-3-5-10(23-2)6-4-9)8-24-15(13)19(16(18)22)7-12(17)20/h3-6,8H,7H2,1-2H3,(H2,17,20). The summed E-state index contributed by atoms with van der Waals surface area (Å²) in [6.45, 7) is -0.272. The first-order valence-corrected chi connectivity index (χ1v) is 7.95. The Balaban J connectivity index is 2.32. The number of aromatic nitrogens is 2. The van der Waals surface area contributed by atoms with Crippen LogP contribution in [0.5, 0.6) is 5.75 Å². The van der Waals surface area contributed by atoms with Crippen molar-refractivity contribution in [2.45, 2.75) is 6.54 Å². The Bertz CT molecular complexity index is 1040. The minimum absolute atomic E-state index is 0.272. The molecule has 0 saturated carbocycles. The van der Waals surface area contributed by atoms with Crippen LogP contribution in [0, 0.1) is 0 Å². The lowest BCUT2D eigenvalue weighted by Gasteiger charge is -2.08. The predicted molar refractivity (Wildman–Crippen MR) is 92.5 cm³/mol. The van der Waals surface area contributed by atoms with Gasteiger partial charge < -0.3 is 10.5 Å². The SMILES string of the molecule is COc1ccc(-c2csc3c2c(=O)n(C)c(=O)n3CC(N)=O)cc1. The summed E-state index contributed by atoms with van der Waals surface area (Å²) in [7, 11) is 2.96. The summed E-state index contributed by atoms with van der Waals surface area (Å²) >= 11 is 1.23. The smallest absolute Gasteiger partial charge is 0.332 e. The number of benzene rings is 1. The Morgan fingerprint density at radius 1 is 1.25 bits per heavy atom. The Hall–Kier alpha value is -2.87. The van der Waals surface area contributed by atoms with E-state index in [1.165, 1.54) is 23.0 Å². The fourth-order valence-corrected chi connectivity index (χ4v) is 3.62. The van der Waals surface area contributed by atoms with Gasteiger partial charge in [0.1, 0.15) is 17.1 Å². The van der Waals surface area contributed by atoms with Crippen LogP contribution < -0.4 is 21.7 Å². The zero-order valence-corrected chi connectivity index (χ0v) is 13.9. The van der Waals surface area contributed by atoms with E-state index in [1.807, 2.05) is 12.1 Å². The second-order valence-corrected chi connectivity index (χ2v) is 6.12. The summed E-state index contributed by atoms with van der Waals surface area (Å²) in [6.07, 6.45) is 0. The Labute approximate surface area is 140 Å². The number of methoxy groups -OCH3 is 1. The summed E-state index contributed by atoms with van der Waals surface area (Å²) in [5.41, 5.74) is 5.79. The Morgan fingerprint density at radius 3 is 2.50 bits per heavy atom. The molecule has 1 amide bonds. The number of fused-ring (bicyclic) bond motifs is 1. The van der Waals surface area contributed by atoms with Crippen LogP contribution in [0.2, 0.25) is 0 Å². The van der Waals surface area contributed by atoms with Crippen LogP contribution in [0.4, 0.5) is 0 Å². The molecule has 0 bridgehead atoms. The lowest BCUT2D eigenvalue weighted by molar-refractivity contribution is -0.118. The van der Waals surface area contributed by atoms with E-state index in [1.54, 1.807) is 24.6 Å². The molecule has 2 heterocycles. The average Bonchev–Trinajstić information content (AvgIpc) is 3.01. The van der Waals surface area contributed by atoms with Crippen molar-refractivity contribution in [2.24, 2.45) is 12.8 Å². The van der Waals surface area contributed by atoms with Crippen LogP contribution in [0.3, 0.4) is 0 Å². The highest BCUT2D eigenvalue weighted by atomic mass is 32.1. The molecule has 0 saturated heterocycles. The van der Waals surface area contributed by atoms with Crippen molar-refractivity contribution in [3.05, 3.63) is 50.5 Å². The first-order chi connectivity index (χ1) is 11.4. The number of carbonyl (C=O) groups is 1. The summed E-state index contributed by atoms with van der Waals surface area (Å²) in [6, 6.07) is 7.26. The van der Waals surface area contributed by atoms with Crippen molar-refractivity contribution in [1.82, 2.24) is 9.13 Å². The van der Waals surface area contributed by atoms with E-state index >= 15 is 0 Å². The second-order valence-electron chi connectivity index (χ2n) is 5.26. The highest BCUT2D eigenvalue weighted by Gasteiger charge is 2.18. The van der Waals surface area contributed by atoms with Gasteiger partial charge in [-0.05, 0) is 17.7 Å². The zero-order valence-electron chi connectivity index (χ0n) is 13.1. The molecule has 0 aliphatic carbocycles. The molecule has 0 unspecified atom stereocenters. The van der Waals surface area contributed by atoms with E-state index in [0.29, 0.717) is 21.5 Å². The summed E-state index contributed by atoms with van der Waals surface area (Å²) < 4.78 is 7.36. The van der Waals surface area contributed by atoms with Gasteiger partial charge in [-0.15, -0.1) is 11.3 Å². The lowest BCUT2D eigenvalue weighted by Crippen LogP contribution is -2.39. The van der Waals surface area contributed by atoms with Crippen molar-refractivity contribution < 1.29 is 9.53 Å². The highest BCUT2D eigenvalue weighted by molar-refractivity contribution is 7.17. The molecular formula is C16H15N3O4S. The number of thiophene rings is 1. The lowest BCUT2D eigenvalue weighted by atomic mass is 10.1. The topological polar surface area (TPSA) is 96.3 Å². The van der Waals surface area contributed by atoms with Gasteiger partial charge in [0.2, 0.25) is 5.91 Å². The van der Waals surface area contributed by atoms with Gasteiger partial charge in [0, 0.05) is 18.0 Å². The molecule has 3 aromatic rings. The molecular weight excluding hydrogens is 330 g/mol. The summed E-state index contributed by atoms with van der Waals surface area (Å²) in [4.78, 5) is 36.6. The Kier molecular flexibility index (Phi) is 3.98. The average molecular weight is 345 g/mol. The largest absolute Gasteiger partial charge is 0.497 e. The van der Waals surface area contributed by atoms with Crippen molar-refractivity contribution in [3.8, 4) is 16.9 Å². The molecule has 1 aromatic carbocycles. The van der Waals surface area contributed by atoms with Gasteiger partial charge in [-0.2, -0.15) is 0 Å². The van der Waals surface area contributed by atoms with Gasteiger partial charge in [-0.3, -0.25) is 18.7 Å². The number of rotatable bonds is 4. The number of ether oxygens (including phenoxy) is 1. The minimum atomic E-state index is -0.642. The van der Waals surface area contributed by atoms with Gasteiger partial charge in [0.15, 0.2) is 0 Å². The molecule has 0 radical (unpaired) electrons. The number of nitrogens with zero attached hydrogens (tertiary/aromatic N) is 2. The third kappa shape index (κ3) is 2.50. The fourth-order valence-electron chi connectivity index (χ4n) is 2.55. The molecule has 7 nitrogen and oxygen atoms in total. The Morgan fingerprint density at radius 2 is 1.92 bits per heavy atom. The summed E-state index contributed by atoms with van der Waals surface area (Å²) in [5.74, 6) is 0.0632. The van der Waals surface area contributed by atoms with Crippen molar-refractivity contribution in [3.63, 3.8) is 0 Å². The first kappa shape index (κ1) is 16.0. The van der Waals surface area contributed by atoms with Crippen LogP contribution in [0.1, 0.15) is 0 Å². The van der Waals surface area contributed by atoms with Crippen molar-refractivity contribution in [1.29, 1.82) is 0 Å². The molecule has 124 valence electrons. The van der Waals surface area contributed by atoms with Crippen molar-refractivity contribution >= 4 is 27.5 Å². The number of hydrogen-bond donors (Lipinski definition) is 1. The van der Waals surface area contributed by atoms with E-state index in [-0.39, 0.29) is 6.54 Å². The van der Waals surface area contributed by atoms with E-state index < -0.39 is 17.2 Å². The maximum atomic E-state index is 12.6. The number of nitrogens with two attached hydrogens (primary N) is 1. The minimum Gasteiger partial charge on any atom is -0.497 e. The molecule has 0 aliphatic heterocycles. The molecule has 2 aromatic heterocycles. The van der Waals surface area contributed by atoms with Gasteiger partial charge in [-0.25, -0.2) is 4.79 Å². The van der Waals surface area contributed by atoms with E-state index in [0.717, 1.165) is 10.1 Å². The maximum Gasteiger partial charge on any atom is 0.332 e. The fraction of sp³-hybridized carbons (Fsp3) is 0.188. The predicted octanol–water partition coefficient (Wildman–Crippen LogP) is 0.923. The van der Waals surface area contributed by atoms with Crippen LogP contribution in [-0.2, 0) is 18.4 Å². The zero-order chi connectivity index (χ0) is 17.4. The molecule has 0 fully saturated rings. The van der Waals surface area contributed by atoms with Gasteiger partial charge in [0.25, 0.3) is 5.56 Å². The number of hydrogen-bond acceptors (Lipinski definition) is 5. The normalized spacial score (nSPS) is 10.9. The molecule has 2 N–H and O–H groups in total. The monoisotopic (exact) mass is 345 g/mol. The first-order valence-electron chi connectivity index (χ1n) is 7.07. The summed E-state index contributed by atoms with van der Waals surface area (Å²) in [5, 5.41) is 2.19. The van der Waals surface area contributed by atoms with Crippen LogP contribution in [-0.4, -0.2) is 22.2 Å². The molecule has 3 rings (SSSR count). The van der Waals surface area contributed by atoms with E-state index in [9.17, 15) is 14.4 Å². The number of amides is 1. The molecule has 0 atom stereocenters. The third-order valence-electron chi connectivity index (χ3n) is 3.77. The molecule has 24 heavy (non-hydrogen) atoms. The maximum absolute atomic E-state index is 12.6. The third-order valence-corrected chi connectivity index (χ3v) is 4.77. The van der Waals surface area contributed by atoms with Gasteiger partial charge >= 0.3 is 5.69 Å². The van der Waals surface area contributed by atoms with E-state index in [4.69, 9.17) is 10.5 Å². The highest BCUT2D eigenvalue weighted by Crippen LogP contribution is 2.32. The molecule has 0 spiro atoms. The van der Waals surface area contributed by atoms with E-state index in [2.05, 4.69) is 0 Å². The van der Waals surface area contributed by atoms with Gasteiger partial charge in [-0.1, -0.05) is 12.1 Å².